The Balaban J connectivity index is 4.12. The minimum Gasteiger partial charge on any atom is -0.383 e. The van der Waals surface area contributed by atoms with Crippen LogP contribution in [0.15, 0.2) is 0 Å². The van der Waals surface area contributed by atoms with Gasteiger partial charge in [0.1, 0.15) is 0 Å². The zero-order valence-corrected chi connectivity index (χ0v) is 10.3. The highest BCUT2D eigenvalue weighted by Crippen LogP contribution is 2.12. The van der Waals surface area contributed by atoms with Gasteiger partial charge in [-0.2, -0.15) is 0 Å². The SMILES string of the molecule is COCCN(C)C(=O)C(CN)CC(C)C. The smallest absolute Gasteiger partial charge is 0.226 e. The molecule has 2 N–H and O–H groups in total. The molecule has 0 spiro atoms. The van der Waals surface area contributed by atoms with E-state index in [1.165, 1.54) is 0 Å². The first-order chi connectivity index (χ1) is 7.02. The summed E-state index contributed by atoms with van der Waals surface area (Å²) in [6.07, 6.45) is 0.854. The van der Waals surface area contributed by atoms with E-state index in [1.807, 2.05) is 0 Å². The van der Waals surface area contributed by atoms with Crippen molar-refractivity contribution >= 4 is 5.91 Å². The zero-order valence-electron chi connectivity index (χ0n) is 10.3. The summed E-state index contributed by atoms with van der Waals surface area (Å²) in [5.41, 5.74) is 5.61. The van der Waals surface area contributed by atoms with Gasteiger partial charge in [0.2, 0.25) is 5.91 Å². The molecule has 15 heavy (non-hydrogen) atoms. The van der Waals surface area contributed by atoms with Gasteiger partial charge in [-0.15, -0.1) is 0 Å². The predicted octanol–water partition coefficient (Wildman–Crippen LogP) is 0.712. The molecule has 1 amide bonds. The number of rotatable bonds is 7. The molecule has 0 aliphatic heterocycles. The van der Waals surface area contributed by atoms with Crippen molar-refractivity contribution in [2.45, 2.75) is 20.3 Å². The summed E-state index contributed by atoms with van der Waals surface area (Å²) in [6.45, 7) is 5.83. The summed E-state index contributed by atoms with van der Waals surface area (Å²) < 4.78 is 4.93. The van der Waals surface area contributed by atoms with Crippen LogP contribution in [0.2, 0.25) is 0 Å². The summed E-state index contributed by atoms with van der Waals surface area (Å²) in [4.78, 5) is 13.6. The maximum atomic E-state index is 11.9. The molecular formula is C11H24N2O2. The molecule has 1 unspecified atom stereocenters. The van der Waals surface area contributed by atoms with E-state index in [9.17, 15) is 4.79 Å². The van der Waals surface area contributed by atoms with Crippen molar-refractivity contribution in [3.05, 3.63) is 0 Å². The fraction of sp³-hybridized carbons (Fsp3) is 0.909. The molecule has 90 valence electrons. The van der Waals surface area contributed by atoms with Gasteiger partial charge in [0, 0.05) is 27.2 Å². The summed E-state index contributed by atoms with van der Waals surface area (Å²) in [6, 6.07) is 0. The molecule has 0 aromatic heterocycles. The molecule has 0 aromatic carbocycles. The first-order valence-corrected chi connectivity index (χ1v) is 5.46. The highest BCUT2D eigenvalue weighted by molar-refractivity contribution is 5.78. The third kappa shape index (κ3) is 5.74. The van der Waals surface area contributed by atoms with Crippen molar-refractivity contribution in [3.63, 3.8) is 0 Å². The Hall–Kier alpha value is -0.610. The monoisotopic (exact) mass is 216 g/mol. The van der Waals surface area contributed by atoms with Crippen LogP contribution < -0.4 is 5.73 Å². The number of carbonyl (C=O) groups excluding carboxylic acids is 1. The molecule has 0 fully saturated rings. The minimum absolute atomic E-state index is 0.0492. The third-order valence-corrected chi connectivity index (χ3v) is 2.40. The van der Waals surface area contributed by atoms with E-state index in [0.29, 0.717) is 25.6 Å². The number of hydrogen-bond donors (Lipinski definition) is 1. The molecule has 0 bridgehead atoms. The van der Waals surface area contributed by atoms with Gasteiger partial charge in [0.15, 0.2) is 0 Å². The molecule has 0 saturated heterocycles. The molecule has 0 rings (SSSR count). The van der Waals surface area contributed by atoms with Crippen LogP contribution in [0.3, 0.4) is 0 Å². The maximum absolute atomic E-state index is 11.9. The topological polar surface area (TPSA) is 55.6 Å². The Morgan fingerprint density at radius 2 is 2.07 bits per heavy atom. The first kappa shape index (κ1) is 14.4. The summed E-state index contributed by atoms with van der Waals surface area (Å²) >= 11 is 0. The van der Waals surface area contributed by atoms with Crippen molar-refractivity contribution in [3.8, 4) is 0 Å². The molecule has 0 saturated carbocycles. The number of ether oxygens (including phenoxy) is 1. The van der Waals surface area contributed by atoms with Gasteiger partial charge in [-0.1, -0.05) is 13.8 Å². The van der Waals surface area contributed by atoms with Crippen LogP contribution >= 0.6 is 0 Å². The Kier molecular flexibility index (Phi) is 7.34. The molecule has 0 radical (unpaired) electrons. The number of nitrogens with zero attached hydrogens (tertiary/aromatic N) is 1. The van der Waals surface area contributed by atoms with Gasteiger partial charge in [-0.05, 0) is 12.3 Å². The van der Waals surface area contributed by atoms with Crippen LogP contribution in [0.25, 0.3) is 0 Å². The Bertz CT molecular complexity index is 183. The van der Waals surface area contributed by atoms with Gasteiger partial charge < -0.3 is 15.4 Å². The predicted molar refractivity (Wildman–Crippen MR) is 61.5 cm³/mol. The second-order valence-electron chi connectivity index (χ2n) is 4.31. The number of likely N-dealkylation sites (N-methyl/N-ethyl adjacent to an activating group) is 1. The van der Waals surface area contributed by atoms with Crippen LogP contribution in [0, 0.1) is 11.8 Å². The molecule has 4 heteroatoms. The molecule has 0 aliphatic rings. The van der Waals surface area contributed by atoms with Crippen LogP contribution in [0.1, 0.15) is 20.3 Å². The molecule has 0 heterocycles. The molecule has 0 aromatic rings. The lowest BCUT2D eigenvalue weighted by atomic mass is 9.96. The van der Waals surface area contributed by atoms with Gasteiger partial charge in [0.25, 0.3) is 0 Å². The lowest BCUT2D eigenvalue weighted by Crippen LogP contribution is -2.38. The molecular weight excluding hydrogens is 192 g/mol. The second-order valence-corrected chi connectivity index (χ2v) is 4.31. The third-order valence-electron chi connectivity index (χ3n) is 2.40. The highest BCUT2D eigenvalue weighted by atomic mass is 16.5. The minimum atomic E-state index is -0.0492. The van der Waals surface area contributed by atoms with Crippen LogP contribution in [-0.2, 0) is 9.53 Å². The largest absolute Gasteiger partial charge is 0.383 e. The average molecular weight is 216 g/mol. The van der Waals surface area contributed by atoms with Crippen LogP contribution in [-0.4, -0.2) is 44.7 Å². The quantitative estimate of drug-likeness (QED) is 0.682. The van der Waals surface area contributed by atoms with E-state index < -0.39 is 0 Å². The van der Waals surface area contributed by atoms with Crippen molar-refractivity contribution in [2.75, 3.05) is 33.9 Å². The van der Waals surface area contributed by atoms with E-state index in [2.05, 4.69) is 13.8 Å². The molecule has 1 atom stereocenters. The fourth-order valence-electron chi connectivity index (χ4n) is 1.52. The number of methoxy groups -OCH3 is 1. The lowest BCUT2D eigenvalue weighted by molar-refractivity contribution is -0.134. The maximum Gasteiger partial charge on any atom is 0.226 e. The number of hydrogen-bond acceptors (Lipinski definition) is 3. The lowest BCUT2D eigenvalue weighted by Gasteiger charge is -2.23. The summed E-state index contributed by atoms with van der Waals surface area (Å²) in [7, 11) is 3.43. The highest BCUT2D eigenvalue weighted by Gasteiger charge is 2.21. The van der Waals surface area contributed by atoms with E-state index in [1.54, 1.807) is 19.1 Å². The van der Waals surface area contributed by atoms with Gasteiger partial charge in [0.05, 0.1) is 12.5 Å². The van der Waals surface area contributed by atoms with Crippen molar-refractivity contribution in [1.82, 2.24) is 4.90 Å². The standard InChI is InChI=1S/C11H24N2O2/c1-9(2)7-10(8-12)11(14)13(3)5-6-15-4/h9-10H,5-8,12H2,1-4H3. The Morgan fingerprint density at radius 1 is 1.47 bits per heavy atom. The van der Waals surface area contributed by atoms with E-state index in [0.717, 1.165) is 6.42 Å². The normalized spacial score (nSPS) is 12.9. The Morgan fingerprint density at radius 3 is 2.47 bits per heavy atom. The number of nitrogens with two attached hydrogens (primary N) is 1. The van der Waals surface area contributed by atoms with Crippen LogP contribution in [0.5, 0.6) is 0 Å². The number of carbonyl (C=O) groups is 1. The summed E-state index contributed by atoms with van der Waals surface area (Å²) in [5, 5.41) is 0. The van der Waals surface area contributed by atoms with Gasteiger partial charge in [-0.25, -0.2) is 0 Å². The number of amides is 1. The van der Waals surface area contributed by atoms with E-state index in [-0.39, 0.29) is 11.8 Å². The van der Waals surface area contributed by atoms with E-state index in [4.69, 9.17) is 10.5 Å². The molecule has 0 aliphatic carbocycles. The van der Waals surface area contributed by atoms with Crippen molar-refractivity contribution in [1.29, 1.82) is 0 Å². The van der Waals surface area contributed by atoms with Gasteiger partial charge >= 0.3 is 0 Å². The van der Waals surface area contributed by atoms with Crippen molar-refractivity contribution < 1.29 is 9.53 Å². The Labute approximate surface area is 92.8 Å². The van der Waals surface area contributed by atoms with Gasteiger partial charge in [-0.3, -0.25) is 4.79 Å². The van der Waals surface area contributed by atoms with Crippen molar-refractivity contribution in [2.24, 2.45) is 17.6 Å². The fourth-order valence-corrected chi connectivity index (χ4v) is 1.52. The first-order valence-electron chi connectivity index (χ1n) is 5.46. The van der Waals surface area contributed by atoms with E-state index >= 15 is 0 Å². The average Bonchev–Trinajstić information content (AvgIpc) is 2.21. The molecule has 4 nitrogen and oxygen atoms in total. The zero-order chi connectivity index (χ0) is 11.8. The van der Waals surface area contributed by atoms with Crippen LogP contribution in [0.4, 0.5) is 0 Å². The second kappa shape index (κ2) is 7.65. The summed E-state index contributed by atoms with van der Waals surface area (Å²) in [5.74, 6) is 0.577.